The Hall–Kier alpha value is -2.82. The Morgan fingerprint density at radius 3 is 2.59 bits per heavy atom. The third-order valence-electron chi connectivity index (χ3n) is 2.96. The lowest BCUT2D eigenvalue weighted by atomic mass is 10.2. The van der Waals surface area contributed by atoms with E-state index in [0.717, 1.165) is 22.6 Å². The number of anilines is 1. The first-order valence-corrected chi connectivity index (χ1v) is 7.07. The smallest absolute Gasteiger partial charge is 0.339 e. The number of hydrazone groups is 1. The standard InChI is InChI=1S/C17H19N3O2/c1-3-22-15-10-8-14(9-11-15)12-18-20-17(21)19-16-7-5-4-6-13(16)2/h4-12H,3H2,1-2H3,(H2,19,20,21). The van der Waals surface area contributed by atoms with Crippen molar-refractivity contribution < 1.29 is 9.53 Å². The number of benzene rings is 2. The lowest BCUT2D eigenvalue weighted by Crippen LogP contribution is -2.24. The highest BCUT2D eigenvalue weighted by molar-refractivity contribution is 5.91. The molecule has 0 fully saturated rings. The lowest BCUT2D eigenvalue weighted by Gasteiger charge is -2.06. The van der Waals surface area contributed by atoms with Gasteiger partial charge in [-0.3, -0.25) is 0 Å². The van der Waals surface area contributed by atoms with Crippen molar-refractivity contribution in [3.8, 4) is 5.75 Å². The molecule has 2 N–H and O–H groups in total. The minimum atomic E-state index is -0.378. The van der Waals surface area contributed by atoms with Crippen LogP contribution in [-0.4, -0.2) is 18.9 Å². The van der Waals surface area contributed by atoms with Crippen LogP contribution in [0.25, 0.3) is 0 Å². The molecule has 2 aromatic carbocycles. The van der Waals surface area contributed by atoms with Gasteiger partial charge in [0, 0.05) is 5.69 Å². The number of amides is 2. The van der Waals surface area contributed by atoms with Crippen molar-refractivity contribution >= 4 is 17.9 Å². The molecule has 0 aliphatic heterocycles. The third-order valence-corrected chi connectivity index (χ3v) is 2.96. The molecule has 0 radical (unpaired) electrons. The van der Waals surface area contributed by atoms with E-state index in [-0.39, 0.29) is 6.03 Å². The molecule has 0 aromatic heterocycles. The van der Waals surface area contributed by atoms with Gasteiger partial charge in [0.15, 0.2) is 0 Å². The third kappa shape index (κ3) is 4.63. The maximum absolute atomic E-state index is 11.7. The number of para-hydroxylation sites is 1. The summed E-state index contributed by atoms with van der Waals surface area (Å²) in [5, 5.41) is 6.65. The van der Waals surface area contributed by atoms with Gasteiger partial charge in [0.25, 0.3) is 0 Å². The van der Waals surface area contributed by atoms with Crippen LogP contribution in [-0.2, 0) is 0 Å². The molecule has 5 heteroatoms. The highest BCUT2D eigenvalue weighted by atomic mass is 16.5. The molecule has 0 saturated heterocycles. The summed E-state index contributed by atoms with van der Waals surface area (Å²) in [5.41, 5.74) is 5.06. The molecule has 2 rings (SSSR count). The van der Waals surface area contributed by atoms with Crippen LogP contribution in [0.3, 0.4) is 0 Å². The van der Waals surface area contributed by atoms with Gasteiger partial charge in [-0.25, -0.2) is 10.2 Å². The van der Waals surface area contributed by atoms with Gasteiger partial charge in [-0.2, -0.15) is 5.10 Å². The minimum absolute atomic E-state index is 0.378. The molecule has 0 saturated carbocycles. The van der Waals surface area contributed by atoms with Crippen LogP contribution in [0.1, 0.15) is 18.1 Å². The summed E-state index contributed by atoms with van der Waals surface area (Å²) in [7, 11) is 0. The number of hydrogen-bond donors (Lipinski definition) is 2. The zero-order valence-corrected chi connectivity index (χ0v) is 12.7. The summed E-state index contributed by atoms with van der Waals surface area (Å²) in [6, 6.07) is 14.6. The summed E-state index contributed by atoms with van der Waals surface area (Å²) in [6.07, 6.45) is 1.58. The van der Waals surface area contributed by atoms with E-state index in [9.17, 15) is 4.79 Å². The SMILES string of the molecule is CCOc1ccc(C=NNC(=O)Nc2ccccc2C)cc1. The van der Waals surface area contributed by atoms with Crippen LogP contribution in [0.15, 0.2) is 53.6 Å². The van der Waals surface area contributed by atoms with Crippen LogP contribution >= 0.6 is 0 Å². The number of nitrogens with one attached hydrogen (secondary N) is 2. The molecule has 0 aliphatic rings. The Morgan fingerprint density at radius 2 is 1.91 bits per heavy atom. The molecule has 0 aliphatic carbocycles. The van der Waals surface area contributed by atoms with Crippen molar-refractivity contribution in [2.45, 2.75) is 13.8 Å². The van der Waals surface area contributed by atoms with E-state index < -0.39 is 0 Å². The molecule has 0 unspecified atom stereocenters. The molecule has 0 heterocycles. The van der Waals surface area contributed by atoms with Crippen molar-refractivity contribution in [3.63, 3.8) is 0 Å². The zero-order chi connectivity index (χ0) is 15.8. The van der Waals surface area contributed by atoms with Crippen molar-refractivity contribution in [1.82, 2.24) is 5.43 Å². The Bertz CT molecular complexity index is 651. The number of rotatable bonds is 5. The zero-order valence-electron chi connectivity index (χ0n) is 12.7. The number of urea groups is 1. The molecule has 2 aromatic rings. The Kier molecular flexibility index (Phi) is 5.54. The monoisotopic (exact) mass is 297 g/mol. The molecule has 0 atom stereocenters. The van der Waals surface area contributed by atoms with Crippen molar-refractivity contribution in [2.75, 3.05) is 11.9 Å². The topological polar surface area (TPSA) is 62.7 Å². The van der Waals surface area contributed by atoms with E-state index in [1.54, 1.807) is 6.21 Å². The van der Waals surface area contributed by atoms with Crippen LogP contribution in [0.4, 0.5) is 10.5 Å². The number of carbonyl (C=O) groups excluding carboxylic acids is 1. The van der Waals surface area contributed by atoms with Gasteiger partial charge in [0.2, 0.25) is 0 Å². The number of carbonyl (C=O) groups is 1. The lowest BCUT2D eigenvalue weighted by molar-refractivity contribution is 0.252. The highest BCUT2D eigenvalue weighted by Gasteiger charge is 2.01. The highest BCUT2D eigenvalue weighted by Crippen LogP contribution is 2.12. The first-order valence-electron chi connectivity index (χ1n) is 7.07. The predicted molar refractivity (Wildman–Crippen MR) is 88.5 cm³/mol. The van der Waals surface area contributed by atoms with Crippen LogP contribution in [0.2, 0.25) is 0 Å². The maximum atomic E-state index is 11.7. The largest absolute Gasteiger partial charge is 0.494 e. The second-order valence-electron chi connectivity index (χ2n) is 4.64. The van der Waals surface area contributed by atoms with E-state index >= 15 is 0 Å². The second-order valence-corrected chi connectivity index (χ2v) is 4.64. The van der Waals surface area contributed by atoms with Gasteiger partial charge >= 0.3 is 6.03 Å². The molecular weight excluding hydrogens is 278 g/mol. The number of ether oxygens (including phenoxy) is 1. The number of hydrogen-bond acceptors (Lipinski definition) is 3. The first-order chi connectivity index (χ1) is 10.7. The Balaban J connectivity index is 1.86. The molecule has 2 amide bonds. The summed E-state index contributed by atoms with van der Waals surface area (Å²) < 4.78 is 5.36. The fourth-order valence-corrected chi connectivity index (χ4v) is 1.85. The van der Waals surface area contributed by atoms with Crippen LogP contribution < -0.4 is 15.5 Å². The van der Waals surface area contributed by atoms with Gasteiger partial charge in [0.1, 0.15) is 5.75 Å². The number of nitrogens with zero attached hydrogens (tertiary/aromatic N) is 1. The van der Waals surface area contributed by atoms with Gasteiger partial charge < -0.3 is 10.1 Å². The van der Waals surface area contributed by atoms with E-state index in [2.05, 4.69) is 15.8 Å². The fraction of sp³-hybridized carbons (Fsp3) is 0.176. The van der Waals surface area contributed by atoms with Crippen molar-refractivity contribution in [3.05, 3.63) is 59.7 Å². The van der Waals surface area contributed by atoms with Gasteiger partial charge in [0.05, 0.1) is 12.8 Å². The molecule has 0 bridgehead atoms. The summed E-state index contributed by atoms with van der Waals surface area (Å²) in [5.74, 6) is 0.810. The fourth-order valence-electron chi connectivity index (χ4n) is 1.85. The normalized spacial score (nSPS) is 10.5. The van der Waals surface area contributed by atoms with E-state index in [4.69, 9.17) is 4.74 Å². The summed E-state index contributed by atoms with van der Waals surface area (Å²) in [6.45, 7) is 4.50. The molecule has 22 heavy (non-hydrogen) atoms. The average molecular weight is 297 g/mol. The van der Waals surface area contributed by atoms with Gasteiger partial charge in [-0.05, 0) is 55.3 Å². The molecule has 0 spiro atoms. The average Bonchev–Trinajstić information content (AvgIpc) is 2.52. The minimum Gasteiger partial charge on any atom is -0.494 e. The molecular formula is C17H19N3O2. The summed E-state index contributed by atoms with van der Waals surface area (Å²) >= 11 is 0. The Morgan fingerprint density at radius 1 is 1.18 bits per heavy atom. The van der Waals surface area contributed by atoms with Crippen molar-refractivity contribution in [1.29, 1.82) is 0 Å². The quantitative estimate of drug-likeness (QED) is 0.655. The van der Waals surface area contributed by atoms with E-state index in [1.165, 1.54) is 0 Å². The van der Waals surface area contributed by atoms with Crippen LogP contribution in [0.5, 0.6) is 5.75 Å². The second kappa shape index (κ2) is 7.83. The van der Waals surface area contributed by atoms with Crippen LogP contribution in [0, 0.1) is 6.92 Å². The first kappa shape index (κ1) is 15.6. The van der Waals surface area contributed by atoms with Gasteiger partial charge in [-0.15, -0.1) is 0 Å². The maximum Gasteiger partial charge on any atom is 0.339 e. The molecule has 114 valence electrons. The summed E-state index contributed by atoms with van der Waals surface area (Å²) in [4.78, 5) is 11.7. The number of aryl methyl sites for hydroxylation is 1. The van der Waals surface area contributed by atoms with Crippen molar-refractivity contribution in [2.24, 2.45) is 5.10 Å². The Labute approximate surface area is 130 Å². The van der Waals surface area contributed by atoms with E-state index in [0.29, 0.717) is 6.61 Å². The molecule has 5 nitrogen and oxygen atoms in total. The predicted octanol–water partition coefficient (Wildman–Crippen LogP) is 3.55. The van der Waals surface area contributed by atoms with E-state index in [1.807, 2.05) is 62.4 Å². The van der Waals surface area contributed by atoms with Gasteiger partial charge in [-0.1, -0.05) is 18.2 Å².